The number of hydrogen-bond acceptors (Lipinski definition) is 4. The Bertz CT molecular complexity index is 1110. The van der Waals surface area contributed by atoms with Crippen molar-refractivity contribution in [3.8, 4) is 22.3 Å². The van der Waals surface area contributed by atoms with Gasteiger partial charge in [0.2, 0.25) is 0 Å². The van der Waals surface area contributed by atoms with Gasteiger partial charge in [0, 0.05) is 24.7 Å². The number of aromatic carboxylic acids is 1. The number of halogens is 2. The molecule has 0 bridgehead atoms. The Hall–Kier alpha value is -3.45. The predicted octanol–water partition coefficient (Wildman–Crippen LogP) is 4.68. The molecule has 0 aliphatic rings. The van der Waals surface area contributed by atoms with Crippen molar-refractivity contribution in [3.05, 3.63) is 71.3 Å². The summed E-state index contributed by atoms with van der Waals surface area (Å²) in [6.07, 6.45) is 0. The molecular weight excluding hydrogens is 388 g/mol. The maximum atomic E-state index is 15.0. The van der Waals surface area contributed by atoms with Gasteiger partial charge in [-0.3, -0.25) is 0 Å². The van der Waals surface area contributed by atoms with E-state index in [-0.39, 0.29) is 33.6 Å². The molecule has 0 spiro atoms. The number of carbonyl (C=O) groups is 1. The summed E-state index contributed by atoms with van der Waals surface area (Å²) in [7, 11) is 5.40. The number of carboxylic acid groups (broad SMARTS) is 1. The quantitative estimate of drug-likeness (QED) is 0.513. The standard InChI is InChI=1S/C23H23F2N3O2/c1-27-22-18(23(29)30)8-15(9-21(22)26)17-11-19(24)16(10-20(17)25)14-6-4-5-13(7-14)12-28(2)3/h4-11,27H,12,26H2,1-3H3,(H,29,30). The zero-order valence-electron chi connectivity index (χ0n) is 17.0. The summed E-state index contributed by atoms with van der Waals surface area (Å²) in [5.74, 6) is -2.50. The van der Waals surface area contributed by atoms with Crippen molar-refractivity contribution in [3.63, 3.8) is 0 Å². The fourth-order valence-electron chi connectivity index (χ4n) is 3.46. The van der Waals surface area contributed by atoms with Crippen LogP contribution in [0.4, 0.5) is 20.2 Å². The maximum Gasteiger partial charge on any atom is 0.337 e. The van der Waals surface area contributed by atoms with E-state index in [1.807, 2.05) is 31.1 Å². The van der Waals surface area contributed by atoms with Gasteiger partial charge < -0.3 is 21.1 Å². The van der Waals surface area contributed by atoms with Crippen LogP contribution < -0.4 is 11.1 Å². The van der Waals surface area contributed by atoms with Crippen LogP contribution in [0.5, 0.6) is 0 Å². The van der Waals surface area contributed by atoms with Crippen LogP contribution in [0.1, 0.15) is 15.9 Å². The van der Waals surface area contributed by atoms with Crippen LogP contribution in [0.15, 0.2) is 48.5 Å². The summed E-state index contributed by atoms with van der Waals surface area (Å²) in [4.78, 5) is 13.5. The Kier molecular flexibility index (Phi) is 6.03. The molecule has 0 unspecified atom stereocenters. The molecule has 4 N–H and O–H groups in total. The summed E-state index contributed by atoms with van der Waals surface area (Å²) in [5.41, 5.74) is 7.97. The van der Waals surface area contributed by atoms with Gasteiger partial charge in [0.15, 0.2) is 0 Å². The van der Waals surface area contributed by atoms with E-state index < -0.39 is 17.6 Å². The summed E-state index contributed by atoms with van der Waals surface area (Å²) >= 11 is 0. The molecule has 7 heteroatoms. The summed E-state index contributed by atoms with van der Waals surface area (Å²) < 4.78 is 29.9. The van der Waals surface area contributed by atoms with Crippen LogP contribution in [0, 0.1) is 11.6 Å². The molecular formula is C23H23F2N3O2. The monoisotopic (exact) mass is 411 g/mol. The van der Waals surface area contributed by atoms with E-state index in [2.05, 4.69) is 5.32 Å². The van der Waals surface area contributed by atoms with Gasteiger partial charge in [0.25, 0.3) is 0 Å². The third kappa shape index (κ3) is 4.26. The lowest BCUT2D eigenvalue weighted by Gasteiger charge is -2.14. The van der Waals surface area contributed by atoms with E-state index in [0.29, 0.717) is 12.1 Å². The van der Waals surface area contributed by atoms with Gasteiger partial charge in [-0.1, -0.05) is 18.2 Å². The van der Waals surface area contributed by atoms with Crippen LogP contribution in [-0.4, -0.2) is 37.1 Å². The molecule has 0 heterocycles. The van der Waals surface area contributed by atoms with Crippen molar-refractivity contribution in [1.82, 2.24) is 4.90 Å². The molecule has 0 saturated heterocycles. The van der Waals surface area contributed by atoms with E-state index in [1.165, 1.54) is 19.2 Å². The van der Waals surface area contributed by atoms with Crippen LogP contribution >= 0.6 is 0 Å². The fourth-order valence-corrected chi connectivity index (χ4v) is 3.46. The lowest BCUT2D eigenvalue weighted by molar-refractivity contribution is 0.0698. The number of nitrogens with two attached hydrogens (primary N) is 1. The second-order valence-electron chi connectivity index (χ2n) is 7.29. The van der Waals surface area contributed by atoms with E-state index in [9.17, 15) is 18.7 Å². The first-order valence-electron chi connectivity index (χ1n) is 9.29. The van der Waals surface area contributed by atoms with Gasteiger partial charge >= 0.3 is 5.97 Å². The van der Waals surface area contributed by atoms with Crippen molar-refractivity contribution in [2.75, 3.05) is 32.2 Å². The normalized spacial score (nSPS) is 11.0. The van der Waals surface area contributed by atoms with E-state index in [0.717, 1.165) is 17.7 Å². The molecule has 0 fully saturated rings. The summed E-state index contributed by atoms with van der Waals surface area (Å²) in [5, 5.41) is 12.2. The average Bonchev–Trinajstić information content (AvgIpc) is 2.68. The third-order valence-corrected chi connectivity index (χ3v) is 4.75. The van der Waals surface area contributed by atoms with Gasteiger partial charge in [-0.2, -0.15) is 0 Å². The number of hydrogen-bond donors (Lipinski definition) is 3. The van der Waals surface area contributed by atoms with Gasteiger partial charge in [-0.05, 0) is 61.1 Å². The topological polar surface area (TPSA) is 78.6 Å². The lowest BCUT2D eigenvalue weighted by Crippen LogP contribution is -2.10. The minimum absolute atomic E-state index is 0.0578. The zero-order chi connectivity index (χ0) is 22.0. The van der Waals surface area contributed by atoms with E-state index >= 15 is 0 Å². The highest BCUT2D eigenvalue weighted by atomic mass is 19.1. The minimum Gasteiger partial charge on any atom is -0.478 e. The highest BCUT2D eigenvalue weighted by Crippen LogP contribution is 2.35. The Morgan fingerprint density at radius 2 is 1.67 bits per heavy atom. The van der Waals surface area contributed by atoms with Gasteiger partial charge in [0.1, 0.15) is 11.6 Å². The Morgan fingerprint density at radius 1 is 1.03 bits per heavy atom. The molecule has 3 rings (SSSR count). The minimum atomic E-state index is -1.22. The zero-order valence-corrected chi connectivity index (χ0v) is 17.0. The largest absolute Gasteiger partial charge is 0.478 e. The molecule has 3 aromatic rings. The van der Waals surface area contributed by atoms with Crippen LogP contribution in [-0.2, 0) is 6.54 Å². The van der Waals surface area contributed by atoms with Crippen molar-refractivity contribution < 1.29 is 18.7 Å². The highest BCUT2D eigenvalue weighted by molar-refractivity contribution is 5.99. The number of nitrogens with zero attached hydrogens (tertiary/aromatic N) is 1. The lowest BCUT2D eigenvalue weighted by atomic mass is 9.96. The van der Waals surface area contributed by atoms with Crippen molar-refractivity contribution in [2.45, 2.75) is 6.54 Å². The maximum absolute atomic E-state index is 15.0. The SMILES string of the molecule is CNc1c(N)cc(-c2cc(F)c(-c3cccc(CN(C)C)c3)cc2F)cc1C(=O)O. The van der Waals surface area contributed by atoms with Gasteiger partial charge in [0.05, 0.1) is 16.9 Å². The first-order valence-corrected chi connectivity index (χ1v) is 9.29. The van der Waals surface area contributed by atoms with Crippen molar-refractivity contribution in [1.29, 1.82) is 0 Å². The second kappa shape index (κ2) is 8.51. The first kappa shape index (κ1) is 21.3. The number of carboxylic acids is 1. The molecule has 0 amide bonds. The van der Waals surface area contributed by atoms with Crippen molar-refractivity contribution >= 4 is 17.3 Å². The average molecular weight is 411 g/mol. The number of nitrogen functional groups attached to an aromatic ring is 1. The Morgan fingerprint density at radius 3 is 2.23 bits per heavy atom. The van der Waals surface area contributed by atoms with Crippen LogP contribution in [0.25, 0.3) is 22.3 Å². The smallest absolute Gasteiger partial charge is 0.337 e. The molecule has 0 atom stereocenters. The molecule has 5 nitrogen and oxygen atoms in total. The second-order valence-corrected chi connectivity index (χ2v) is 7.29. The first-order chi connectivity index (χ1) is 14.2. The van der Waals surface area contributed by atoms with Crippen molar-refractivity contribution in [2.24, 2.45) is 0 Å². The number of anilines is 2. The molecule has 0 saturated carbocycles. The molecule has 156 valence electrons. The third-order valence-electron chi connectivity index (χ3n) is 4.75. The van der Waals surface area contributed by atoms with Crippen LogP contribution in [0.2, 0.25) is 0 Å². The number of nitrogens with one attached hydrogen (secondary N) is 1. The summed E-state index contributed by atoms with van der Waals surface area (Å²) in [6.45, 7) is 0.672. The summed E-state index contributed by atoms with van der Waals surface area (Å²) in [6, 6.07) is 12.2. The Balaban J connectivity index is 2.09. The molecule has 30 heavy (non-hydrogen) atoms. The number of rotatable bonds is 6. The van der Waals surface area contributed by atoms with Crippen LogP contribution in [0.3, 0.4) is 0 Å². The molecule has 0 aliphatic heterocycles. The predicted molar refractivity (Wildman–Crippen MR) is 116 cm³/mol. The Labute approximate surface area is 173 Å². The molecule has 0 aliphatic carbocycles. The fraction of sp³-hybridized carbons (Fsp3) is 0.174. The van der Waals surface area contributed by atoms with Gasteiger partial charge in [-0.15, -0.1) is 0 Å². The molecule has 3 aromatic carbocycles. The highest BCUT2D eigenvalue weighted by Gasteiger charge is 2.18. The van der Waals surface area contributed by atoms with Gasteiger partial charge in [-0.25, -0.2) is 13.6 Å². The van der Waals surface area contributed by atoms with E-state index in [1.54, 1.807) is 12.1 Å². The molecule has 0 aromatic heterocycles. The number of benzene rings is 3. The van der Waals surface area contributed by atoms with E-state index in [4.69, 9.17) is 5.73 Å². The molecule has 0 radical (unpaired) electrons.